The maximum Gasteiger partial charge on any atom is 0.138 e. The van der Waals surface area contributed by atoms with Crippen LogP contribution in [0.2, 0.25) is 5.02 Å². The van der Waals surface area contributed by atoms with Crippen molar-refractivity contribution in [2.24, 2.45) is 0 Å². The van der Waals surface area contributed by atoms with Crippen LogP contribution in [0.4, 0.5) is 0 Å². The Labute approximate surface area is 132 Å². The lowest BCUT2D eigenvalue weighted by Gasteiger charge is -2.07. The summed E-state index contributed by atoms with van der Waals surface area (Å²) in [6.07, 6.45) is 1.82. The Bertz CT molecular complexity index is 934. The number of allylic oxidation sites excluding steroid dienone is 1. The van der Waals surface area contributed by atoms with E-state index in [1.807, 2.05) is 54.7 Å². The van der Waals surface area contributed by atoms with Gasteiger partial charge in [0.2, 0.25) is 0 Å². The fraction of sp³-hybridized carbons (Fsp3) is 0. The zero-order valence-corrected chi connectivity index (χ0v) is 12.2. The van der Waals surface area contributed by atoms with Gasteiger partial charge in [0, 0.05) is 33.3 Å². The molecule has 4 heteroatoms. The van der Waals surface area contributed by atoms with Crippen LogP contribution >= 0.6 is 11.6 Å². The maximum absolute atomic E-state index is 9.32. The lowest BCUT2D eigenvalue weighted by molar-refractivity contribution is 1.43. The Morgan fingerprint density at radius 1 is 0.955 bits per heavy atom. The first kappa shape index (κ1) is 13.9. The van der Waals surface area contributed by atoms with E-state index in [0.29, 0.717) is 10.6 Å². The van der Waals surface area contributed by atoms with Gasteiger partial charge in [-0.05, 0) is 23.8 Å². The molecule has 0 fully saturated rings. The molecule has 0 aliphatic rings. The largest absolute Gasteiger partial charge is 0.361 e. The number of halogens is 1. The monoisotopic (exact) mass is 303 g/mol. The highest BCUT2D eigenvalue weighted by Gasteiger charge is 2.15. The van der Waals surface area contributed by atoms with Gasteiger partial charge in [0.1, 0.15) is 17.7 Å². The maximum atomic E-state index is 9.32. The highest BCUT2D eigenvalue weighted by Crippen LogP contribution is 2.32. The van der Waals surface area contributed by atoms with Crippen molar-refractivity contribution in [3.05, 3.63) is 76.5 Å². The van der Waals surface area contributed by atoms with Gasteiger partial charge in [-0.2, -0.15) is 10.5 Å². The molecule has 0 saturated heterocycles. The molecule has 1 aromatic heterocycles. The molecule has 1 heterocycles. The predicted octanol–water partition coefficient (Wildman–Crippen LogP) is 4.67. The van der Waals surface area contributed by atoms with E-state index >= 15 is 0 Å². The van der Waals surface area contributed by atoms with Crippen LogP contribution in [0, 0.1) is 22.7 Å². The molecule has 0 aliphatic heterocycles. The van der Waals surface area contributed by atoms with Crippen molar-refractivity contribution in [3.8, 4) is 12.1 Å². The zero-order chi connectivity index (χ0) is 15.5. The summed E-state index contributed by atoms with van der Waals surface area (Å²) in [5.41, 5.74) is 3.26. The quantitative estimate of drug-likeness (QED) is 0.699. The van der Waals surface area contributed by atoms with Crippen LogP contribution in [0.25, 0.3) is 16.5 Å². The average molecular weight is 304 g/mol. The van der Waals surface area contributed by atoms with Crippen LogP contribution in [0.3, 0.4) is 0 Å². The molecule has 22 heavy (non-hydrogen) atoms. The van der Waals surface area contributed by atoms with Gasteiger partial charge in [-0.15, -0.1) is 0 Å². The Kier molecular flexibility index (Phi) is 3.66. The van der Waals surface area contributed by atoms with Crippen LogP contribution in [-0.2, 0) is 0 Å². The molecule has 0 atom stereocenters. The van der Waals surface area contributed by atoms with Gasteiger partial charge in [-0.3, -0.25) is 0 Å². The molecule has 0 bridgehead atoms. The normalized spacial score (nSPS) is 9.95. The van der Waals surface area contributed by atoms with Crippen LogP contribution in [0.5, 0.6) is 0 Å². The first-order valence-electron chi connectivity index (χ1n) is 6.61. The highest BCUT2D eigenvalue weighted by atomic mass is 35.5. The van der Waals surface area contributed by atoms with Gasteiger partial charge < -0.3 is 4.98 Å². The third kappa shape index (κ3) is 2.35. The van der Waals surface area contributed by atoms with Crippen LogP contribution in [-0.4, -0.2) is 4.98 Å². The molecule has 0 saturated carbocycles. The molecule has 3 aromatic rings. The van der Waals surface area contributed by atoms with E-state index in [0.717, 1.165) is 22.0 Å². The second kappa shape index (κ2) is 5.77. The number of benzene rings is 2. The van der Waals surface area contributed by atoms with Crippen molar-refractivity contribution >= 4 is 28.1 Å². The minimum Gasteiger partial charge on any atom is -0.361 e. The molecule has 104 valence electrons. The van der Waals surface area contributed by atoms with E-state index in [-0.39, 0.29) is 5.57 Å². The van der Waals surface area contributed by atoms with Crippen molar-refractivity contribution in [1.82, 2.24) is 4.98 Å². The van der Waals surface area contributed by atoms with Crippen LogP contribution in [0.1, 0.15) is 11.1 Å². The molecule has 0 amide bonds. The van der Waals surface area contributed by atoms with E-state index < -0.39 is 0 Å². The molecule has 2 aromatic carbocycles. The number of nitrogens with one attached hydrogen (secondary N) is 1. The number of nitrogens with zero attached hydrogens (tertiary/aromatic N) is 2. The molecule has 3 rings (SSSR count). The number of aromatic nitrogens is 1. The number of aromatic amines is 1. The topological polar surface area (TPSA) is 63.4 Å². The van der Waals surface area contributed by atoms with Crippen LogP contribution < -0.4 is 0 Å². The standard InChI is InChI=1S/C18H10ClN3/c19-14-7-5-12(6-8-14)18(13(9-20)10-21)16-11-22-17-4-2-1-3-15(16)17/h1-8,11,22H. The molecular formula is C18H10ClN3. The molecule has 3 nitrogen and oxygen atoms in total. The van der Waals surface area contributed by atoms with Crippen molar-refractivity contribution in [3.63, 3.8) is 0 Å². The van der Waals surface area contributed by atoms with Gasteiger partial charge in [-0.1, -0.05) is 41.9 Å². The summed E-state index contributed by atoms with van der Waals surface area (Å²) in [5, 5.41) is 20.2. The van der Waals surface area contributed by atoms with Gasteiger partial charge in [-0.25, -0.2) is 0 Å². The number of rotatable bonds is 2. The number of fused-ring (bicyclic) bond motifs is 1. The lowest BCUT2D eigenvalue weighted by atomic mass is 9.93. The average Bonchev–Trinajstić information content (AvgIpc) is 2.97. The molecule has 0 aliphatic carbocycles. The van der Waals surface area contributed by atoms with E-state index in [1.54, 1.807) is 12.1 Å². The van der Waals surface area contributed by atoms with Gasteiger partial charge >= 0.3 is 0 Å². The Morgan fingerprint density at radius 3 is 2.32 bits per heavy atom. The fourth-order valence-corrected chi connectivity index (χ4v) is 2.59. The van der Waals surface area contributed by atoms with E-state index in [9.17, 15) is 10.5 Å². The summed E-state index contributed by atoms with van der Waals surface area (Å²) < 4.78 is 0. The summed E-state index contributed by atoms with van der Waals surface area (Å²) in [6, 6.07) is 18.9. The molecular weight excluding hydrogens is 294 g/mol. The summed E-state index contributed by atoms with van der Waals surface area (Å²) in [5.74, 6) is 0. The van der Waals surface area contributed by atoms with E-state index in [2.05, 4.69) is 4.98 Å². The van der Waals surface area contributed by atoms with Gasteiger partial charge in [0.15, 0.2) is 0 Å². The lowest BCUT2D eigenvalue weighted by Crippen LogP contribution is -1.91. The predicted molar refractivity (Wildman–Crippen MR) is 87.0 cm³/mol. The number of para-hydroxylation sites is 1. The summed E-state index contributed by atoms with van der Waals surface area (Å²) in [4.78, 5) is 3.17. The minimum absolute atomic E-state index is 0.0760. The van der Waals surface area contributed by atoms with Crippen LogP contribution in [0.15, 0.2) is 60.3 Å². The Morgan fingerprint density at radius 2 is 1.64 bits per heavy atom. The highest BCUT2D eigenvalue weighted by molar-refractivity contribution is 6.30. The zero-order valence-electron chi connectivity index (χ0n) is 11.5. The van der Waals surface area contributed by atoms with Gasteiger partial charge in [0.05, 0.1) is 0 Å². The third-order valence-electron chi connectivity index (χ3n) is 3.47. The number of H-pyrrole nitrogens is 1. The SMILES string of the molecule is N#CC(C#N)=C(c1ccc(Cl)cc1)c1c[nH]c2ccccc12. The Hall–Kier alpha value is -3.01. The summed E-state index contributed by atoms with van der Waals surface area (Å²) >= 11 is 5.93. The van der Waals surface area contributed by atoms with Crippen molar-refractivity contribution in [2.75, 3.05) is 0 Å². The number of nitriles is 2. The molecule has 0 radical (unpaired) electrons. The van der Waals surface area contributed by atoms with Crippen molar-refractivity contribution in [2.45, 2.75) is 0 Å². The minimum atomic E-state index is 0.0760. The molecule has 1 N–H and O–H groups in total. The summed E-state index contributed by atoms with van der Waals surface area (Å²) in [6.45, 7) is 0. The first-order valence-corrected chi connectivity index (χ1v) is 6.99. The van der Waals surface area contributed by atoms with E-state index in [1.165, 1.54) is 0 Å². The van der Waals surface area contributed by atoms with E-state index in [4.69, 9.17) is 11.6 Å². The second-order valence-electron chi connectivity index (χ2n) is 4.73. The number of hydrogen-bond acceptors (Lipinski definition) is 2. The van der Waals surface area contributed by atoms with Crippen molar-refractivity contribution < 1.29 is 0 Å². The molecule has 0 unspecified atom stereocenters. The first-order chi connectivity index (χ1) is 10.7. The fourth-order valence-electron chi connectivity index (χ4n) is 2.47. The summed E-state index contributed by atoms with van der Waals surface area (Å²) in [7, 11) is 0. The molecule has 0 spiro atoms. The van der Waals surface area contributed by atoms with Gasteiger partial charge in [0.25, 0.3) is 0 Å². The Balaban J connectivity index is 2.33. The second-order valence-corrected chi connectivity index (χ2v) is 5.16. The number of hydrogen-bond donors (Lipinski definition) is 1. The van der Waals surface area contributed by atoms with Crippen molar-refractivity contribution in [1.29, 1.82) is 10.5 Å². The smallest absolute Gasteiger partial charge is 0.138 e. The third-order valence-corrected chi connectivity index (χ3v) is 3.72.